The summed E-state index contributed by atoms with van der Waals surface area (Å²) in [6.45, 7) is 0. The summed E-state index contributed by atoms with van der Waals surface area (Å²) in [6, 6.07) is 6.93. The van der Waals surface area contributed by atoms with Crippen molar-refractivity contribution in [3.05, 3.63) is 42.9 Å². The summed E-state index contributed by atoms with van der Waals surface area (Å²) < 4.78 is 1.84. The second-order valence-corrected chi connectivity index (χ2v) is 3.70. The zero-order valence-corrected chi connectivity index (χ0v) is 8.91. The molecule has 3 N–H and O–H groups in total. The Labute approximate surface area is 97.2 Å². The third kappa shape index (κ3) is 1.48. The number of nitrogen functional groups attached to an aromatic ring is 1. The molecule has 3 rings (SSSR count). The molecule has 1 aromatic carbocycles. The molecular formula is C12H10N4O. The van der Waals surface area contributed by atoms with Crippen molar-refractivity contribution >= 4 is 11.3 Å². The molecule has 0 aliphatic rings. The Morgan fingerprint density at radius 1 is 1.24 bits per heavy atom. The number of aromatic nitrogens is 3. The number of benzene rings is 1. The number of anilines is 1. The molecule has 5 heteroatoms. The molecule has 84 valence electrons. The van der Waals surface area contributed by atoms with Crippen molar-refractivity contribution in [3.8, 4) is 17.1 Å². The van der Waals surface area contributed by atoms with E-state index in [1.165, 1.54) is 0 Å². The van der Waals surface area contributed by atoms with Crippen LogP contribution in [0.4, 0.5) is 5.82 Å². The molecule has 0 fully saturated rings. The highest BCUT2D eigenvalue weighted by Crippen LogP contribution is 2.24. The monoisotopic (exact) mass is 226 g/mol. The number of nitrogens with zero attached hydrogens (tertiary/aromatic N) is 3. The summed E-state index contributed by atoms with van der Waals surface area (Å²) in [5.74, 6) is 1.37. The summed E-state index contributed by atoms with van der Waals surface area (Å²) >= 11 is 0. The number of fused-ring (bicyclic) bond motifs is 1. The van der Waals surface area contributed by atoms with Crippen LogP contribution in [0, 0.1) is 0 Å². The Kier molecular flexibility index (Phi) is 1.98. The molecule has 3 aromatic rings. The second kappa shape index (κ2) is 3.48. The first-order valence-corrected chi connectivity index (χ1v) is 5.12. The van der Waals surface area contributed by atoms with Crippen molar-refractivity contribution < 1.29 is 5.11 Å². The number of hydrogen-bond acceptors (Lipinski definition) is 4. The van der Waals surface area contributed by atoms with Gasteiger partial charge in [0.25, 0.3) is 0 Å². The maximum atomic E-state index is 9.46. The van der Waals surface area contributed by atoms with E-state index in [1.807, 2.05) is 10.5 Å². The zero-order chi connectivity index (χ0) is 11.8. The van der Waals surface area contributed by atoms with E-state index < -0.39 is 0 Å². The van der Waals surface area contributed by atoms with E-state index in [2.05, 4.69) is 9.97 Å². The molecule has 2 heterocycles. The van der Waals surface area contributed by atoms with Gasteiger partial charge in [0.15, 0.2) is 0 Å². The Hall–Kier alpha value is -2.56. The SMILES string of the molecule is Nc1nccn2c(-c3cccc(O)c3)ncc12. The van der Waals surface area contributed by atoms with Crippen LogP contribution in [0.1, 0.15) is 0 Å². The second-order valence-electron chi connectivity index (χ2n) is 3.70. The third-order valence-electron chi connectivity index (χ3n) is 2.59. The van der Waals surface area contributed by atoms with Gasteiger partial charge in [0, 0.05) is 18.0 Å². The molecule has 0 atom stereocenters. The molecule has 17 heavy (non-hydrogen) atoms. The van der Waals surface area contributed by atoms with Gasteiger partial charge in [-0.25, -0.2) is 9.97 Å². The normalized spacial score (nSPS) is 10.8. The smallest absolute Gasteiger partial charge is 0.149 e. The number of hydrogen-bond donors (Lipinski definition) is 2. The molecule has 0 saturated heterocycles. The summed E-state index contributed by atoms with van der Waals surface area (Å²) in [5, 5.41) is 9.46. The zero-order valence-electron chi connectivity index (χ0n) is 8.91. The van der Waals surface area contributed by atoms with Crippen molar-refractivity contribution in [3.63, 3.8) is 0 Å². The van der Waals surface area contributed by atoms with Crippen LogP contribution in [0.15, 0.2) is 42.9 Å². The average Bonchev–Trinajstić information content (AvgIpc) is 2.74. The van der Waals surface area contributed by atoms with Crippen molar-refractivity contribution in [1.29, 1.82) is 0 Å². The molecule has 0 unspecified atom stereocenters. The van der Waals surface area contributed by atoms with E-state index in [9.17, 15) is 5.11 Å². The van der Waals surface area contributed by atoms with Crippen LogP contribution in [0.2, 0.25) is 0 Å². The molecular weight excluding hydrogens is 216 g/mol. The minimum absolute atomic E-state index is 0.210. The fraction of sp³-hybridized carbons (Fsp3) is 0. The van der Waals surface area contributed by atoms with Crippen LogP contribution in [0.5, 0.6) is 5.75 Å². The van der Waals surface area contributed by atoms with Gasteiger partial charge in [-0.3, -0.25) is 4.40 Å². The summed E-state index contributed by atoms with van der Waals surface area (Å²) in [5.41, 5.74) is 7.34. The van der Waals surface area contributed by atoms with Gasteiger partial charge >= 0.3 is 0 Å². The van der Waals surface area contributed by atoms with E-state index in [0.29, 0.717) is 5.82 Å². The van der Waals surface area contributed by atoms with E-state index in [-0.39, 0.29) is 5.75 Å². The van der Waals surface area contributed by atoms with Crippen molar-refractivity contribution in [2.24, 2.45) is 0 Å². The molecule has 5 nitrogen and oxygen atoms in total. The Balaban J connectivity index is 2.28. The lowest BCUT2D eigenvalue weighted by Crippen LogP contribution is -1.95. The molecule has 0 saturated carbocycles. The third-order valence-corrected chi connectivity index (χ3v) is 2.59. The van der Waals surface area contributed by atoms with Crippen LogP contribution in [0.3, 0.4) is 0 Å². The van der Waals surface area contributed by atoms with Gasteiger partial charge in [-0.15, -0.1) is 0 Å². The fourth-order valence-electron chi connectivity index (χ4n) is 1.81. The van der Waals surface area contributed by atoms with Crippen LogP contribution in [0.25, 0.3) is 16.9 Å². The minimum atomic E-state index is 0.210. The van der Waals surface area contributed by atoms with Gasteiger partial charge in [0.05, 0.1) is 6.20 Å². The Morgan fingerprint density at radius 2 is 2.12 bits per heavy atom. The van der Waals surface area contributed by atoms with Gasteiger partial charge < -0.3 is 10.8 Å². The first-order chi connectivity index (χ1) is 8.25. The molecule has 0 aliphatic heterocycles. The Bertz CT molecular complexity index is 690. The molecule has 0 aliphatic carbocycles. The van der Waals surface area contributed by atoms with E-state index in [1.54, 1.807) is 36.8 Å². The topological polar surface area (TPSA) is 76.4 Å². The quantitative estimate of drug-likeness (QED) is 0.662. The van der Waals surface area contributed by atoms with Crippen molar-refractivity contribution in [2.75, 3.05) is 5.73 Å². The highest BCUT2D eigenvalue weighted by molar-refractivity contribution is 5.70. The predicted octanol–water partition coefficient (Wildman–Crippen LogP) is 1.68. The number of nitrogens with two attached hydrogens (primary N) is 1. The standard InChI is InChI=1S/C12H10N4O/c13-11-10-7-15-12(16(10)5-4-14-11)8-2-1-3-9(17)6-8/h1-7,17H,(H2,13,14). The van der Waals surface area contributed by atoms with Gasteiger partial charge in [-0.2, -0.15) is 0 Å². The number of phenols is 1. The van der Waals surface area contributed by atoms with Crippen LogP contribution >= 0.6 is 0 Å². The van der Waals surface area contributed by atoms with Gasteiger partial charge in [-0.1, -0.05) is 12.1 Å². The average molecular weight is 226 g/mol. The van der Waals surface area contributed by atoms with Gasteiger partial charge in [0.2, 0.25) is 0 Å². The van der Waals surface area contributed by atoms with Gasteiger partial charge in [0.1, 0.15) is 22.9 Å². The summed E-state index contributed by atoms with van der Waals surface area (Å²) in [6.07, 6.45) is 5.08. The largest absolute Gasteiger partial charge is 0.508 e. The lowest BCUT2D eigenvalue weighted by Gasteiger charge is -2.02. The maximum absolute atomic E-state index is 9.46. The highest BCUT2D eigenvalue weighted by atomic mass is 16.3. The minimum Gasteiger partial charge on any atom is -0.508 e. The number of phenolic OH excluding ortho intramolecular Hbond substituents is 1. The lowest BCUT2D eigenvalue weighted by molar-refractivity contribution is 0.475. The van der Waals surface area contributed by atoms with Crippen LogP contribution in [-0.4, -0.2) is 19.5 Å². The Morgan fingerprint density at radius 3 is 2.94 bits per heavy atom. The molecule has 0 bridgehead atoms. The molecule has 0 radical (unpaired) electrons. The maximum Gasteiger partial charge on any atom is 0.149 e. The summed E-state index contributed by atoms with van der Waals surface area (Å²) in [4.78, 5) is 8.30. The highest BCUT2D eigenvalue weighted by Gasteiger charge is 2.08. The first kappa shape index (κ1) is 9.65. The molecule has 0 amide bonds. The number of aromatic hydroxyl groups is 1. The lowest BCUT2D eigenvalue weighted by atomic mass is 10.2. The van der Waals surface area contributed by atoms with Crippen molar-refractivity contribution in [1.82, 2.24) is 14.4 Å². The predicted molar refractivity (Wildman–Crippen MR) is 64.5 cm³/mol. The molecule has 2 aromatic heterocycles. The van der Waals surface area contributed by atoms with Crippen LogP contribution in [-0.2, 0) is 0 Å². The van der Waals surface area contributed by atoms with Gasteiger partial charge in [-0.05, 0) is 12.1 Å². The van der Waals surface area contributed by atoms with Crippen LogP contribution < -0.4 is 5.73 Å². The van der Waals surface area contributed by atoms with E-state index >= 15 is 0 Å². The number of imidazole rings is 1. The number of rotatable bonds is 1. The fourth-order valence-corrected chi connectivity index (χ4v) is 1.81. The first-order valence-electron chi connectivity index (χ1n) is 5.12. The van der Waals surface area contributed by atoms with E-state index in [0.717, 1.165) is 16.9 Å². The van der Waals surface area contributed by atoms with Crippen molar-refractivity contribution in [2.45, 2.75) is 0 Å². The summed E-state index contributed by atoms with van der Waals surface area (Å²) in [7, 11) is 0. The molecule has 0 spiro atoms. The van der Waals surface area contributed by atoms with E-state index in [4.69, 9.17) is 5.73 Å².